The molecule has 2 aromatic rings. The van der Waals surface area contributed by atoms with Gasteiger partial charge in [0.1, 0.15) is 5.75 Å². The molecule has 0 spiro atoms. The summed E-state index contributed by atoms with van der Waals surface area (Å²) in [5, 5.41) is 2.74. The lowest BCUT2D eigenvalue weighted by Crippen LogP contribution is -2.34. The summed E-state index contributed by atoms with van der Waals surface area (Å²) in [6.07, 6.45) is 4.47. The molecule has 1 unspecified atom stereocenters. The zero-order valence-corrected chi connectivity index (χ0v) is 21.0. The van der Waals surface area contributed by atoms with Gasteiger partial charge >= 0.3 is 0 Å². The molecule has 1 saturated heterocycles. The molecular weight excluding hydrogens is 454 g/mol. The Morgan fingerprint density at radius 1 is 1.06 bits per heavy atom. The molecule has 9 heteroatoms. The minimum Gasteiger partial charge on any atom is -0.493 e. The maximum atomic E-state index is 12.5. The molecule has 34 heavy (non-hydrogen) atoms. The fourth-order valence-electron chi connectivity index (χ4n) is 3.93. The lowest BCUT2D eigenvalue weighted by molar-refractivity contribution is -0.119. The number of hydrogen-bond donors (Lipinski definition) is 2. The van der Waals surface area contributed by atoms with Gasteiger partial charge in [-0.15, -0.1) is 0 Å². The van der Waals surface area contributed by atoms with E-state index < -0.39 is 27.7 Å². The van der Waals surface area contributed by atoms with Crippen LogP contribution in [-0.4, -0.2) is 46.9 Å². The fraction of sp³-hybridized carbons (Fsp3) is 0.480. The van der Waals surface area contributed by atoms with Crippen LogP contribution in [0, 0.1) is 0 Å². The Morgan fingerprint density at radius 2 is 1.76 bits per heavy atom. The van der Waals surface area contributed by atoms with Crippen LogP contribution in [0.4, 0.5) is 11.4 Å². The number of nitrogens with one attached hydrogen (secondary N) is 2. The number of benzene rings is 2. The monoisotopic (exact) mass is 489 g/mol. The van der Waals surface area contributed by atoms with Gasteiger partial charge in [-0.1, -0.05) is 13.0 Å². The van der Waals surface area contributed by atoms with Crippen molar-refractivity contribution in [2.75, 3.05) is 42.2 Å². The molecular formula is C25H35N3O5S. The van der Waals surface area contributed by atoms with Gasteiger partial charge in [-0.3, -0.25) is 9.52 Å². The zero-order valence-electron chi connectivity index (χ0n) is 20.2. The van der Waals surface area contributed by atoms with E-state index in [0.29, 0.717) is 23.8 Å². The maximum Gasteiger partial charge on any atom is 0.241 e. The van der Waals surface area contributed by atoms with Crippen molar-refractivity contribution in [2.24, 2.45) is 0 Å². The second-order valence-electron chi connectivity index (χ2n) is 8.50. The van der Waals surface area contributed by atoms with Crippen molar-refractivity contribution in [1.82, 2.24) is 5.32 Å². The first-order valence-electron chi connectivity index (χ1n) is 11.8. The Kier molecular flexibility index (Phi) is 9.04. The highest BCUT2D eigenvalue weighted by atomic mass is 32.2. The number of methoxy groups -OCH3 is 1. The minimum atomic E-state index is -3.85. The van der Waals surface area contributed by atoms with Gasteiger partial charge in [0.25, 0.3) is 0 Å². The number of rotatable bonds is 11. The predicted molar refractivity (Wildman–Crippen MR) is 135 cm³/mol. The molecule has 0 radical (unpaired) electrons. The van der Waals surface area contributed by atoms with E-state index >= 15 is 0 Å². The van der Waals surface area contributed by atoms with Crippen LogP contribution in [0.15, 0.2) is 42.5 Å². The number of carbonyl (C=O) groups is 1. The molecule has 1 fully saturated rings. The summed E-state index contributed by atoms with van der Waals surface area (Å²) in [7, 11) is -2.30. The number of nitrogens with zero attached hydrogens (tertiary/aromatic N) is 1. The highest BCUT2D eigenvalue weighted by Gasteiger charge is 2.20. The third kappa shape index (κ3) is 7.28. The van der Waals surface area contributed by atoms with Crippen LogP contribution >= 0.6 is 0 Å². The second kappa shape index (κ2) is 12.0. The first kappa shape index (κ1) is 25.7. The van der Waals surface area contributed by atoms with Crippen molar-refractivity contribution in [3.05, 3.63) is 48.0 Å². The molecule has 1 aliphatic rings. The third-order valence-corrected chi connectivity index (χ3v) is 6.90. The number of hydrogen-bond acceptors (Lipinski definition) is 6. The molecule has 0 aromatic heterocycles. The summed E-state index contributed by atoms with van der Waals surface area (Å²) in [5.74, 6) is -0.0608. The lowest BCUT2D eigenvalue weighted by atomic mass is 10.1. The van der Waals surface area contributed by atoms with Gasteiger partial charge in [0.2, 0.25) is 15.9 Å². The van der Waals surface area contributed by atoms with E-state index in [0.717, 1.165) is 30.8 Å². The molecule has 1 amide bonds. The van der Waals surface area contributed by atoms with E-state index in [1.54, 1.807) is 38.3 Å². The fourth-order valence-corrected chi connectivity index (χ4v) is 4.93. The Hall–Kier alpha value is -2.94. The van der Waals surface area contributed by atoms with Gasteiger partial charge < -0.3 is 19.7 Å². The standard InChI is InChI=1S/C25H35N3O5S/c1-4-16-33-23-13-8-20(17-24(23)32-3)19(2)26-25(29)18-34(30,31)27-21-9-11-22(12-10-21)28-14-6-5-7-15-28/h8-13,17,19,27H,4-7,14-16,18H2,1-3H3,(H,26,29). The van der Waals surface area contributed by atoms with Crippen LogP contribution in [0.25, 0.3) is 0 Å². The zero-order chi connectivity index (χ0) is 24.6. The lowest BCUT2D eigenvalue weighted by Gasteiger charge is -2.28. The molecule has 1 heterocycles. The summed E-state index contributed by atoms with van der Waals surface area (Å²) >= 11 is 0. The molecule has 0 bridgehead atoms. The molecule has 0 saturated carbocycles. The summed E-state index contributed by atoms with van der Waals surface area (Å²) in [6.45, 7) is 6.42. The van der Waals surface area contributed by atoms with Gasteiger partial charge in [0.15, 0.2) is 11.5 Å². The van der Waals surface area contributed by atoms with Gasteiger partial charge in [-0.25, -0.2) is 8.42 Å². The molecule has 186 valence electrons. The minimum absolute atomic E-state index is 0.402. The van der Waals surface area contributed by atoms with Crippen LogP contribution in [-0.2, 0) is 14.8 Å². The van der Waals surface area contributed by atoms with Crippen LogP contribution in [0.1, 0.15) is 51.1 Å². The quantitative estimate of drug-likeness (QED) is 0.493. The SMILES string of the molecule is CCCOc1ccc(C(C)NC(=O)CS(=O)(=O)Nc2ccc(N3CCCCC3)cc2)cc1OC. The van der Waals surface area contributed by atoms with Crippen molar-refractivity contribution in [2.45, 2.75) is 45.6 Å². The third-order valence-electron chi connectivity index (χ3n) is 5.71. The normalized spacial score (nSPS) is 14.9. The predicted octanol–water partition coefficient (Wildman–Crippen LogP) is 4.09. The smallest absolute Gasteiger partial charge is 0.241 e. The summed E-state index contributed by atoms with van der Waals surface area (Å²) in [5.41, 5.74) is 2.30. The van der Waals surface area contributed by atoms with Crippen LogP contribution < -0.4 is 24.4 Å². The molecule has 0 aliphatic carbocycles. The van der Waals surface area contributed by atoms with Crippen LogP contribution in [0.2, 0.25) is 0 Å². The van der Waals surface area contributed by atoms with Gasteiger partial charge in [0.05, 0.1) is 19.8 Å². The first-order chi connectivity index (χ1) is 16.3. The van der Waals surface area contributed by atoms with E-state index in [2.05, 4.69) is 14.9 Å². The van der Waals surface area contributed by atoms with E-state index in [4.69, 9.17) is 9.47 Å². The van der Waals surface area contributed by atoms with E-state index in [1.165, 1.54) is 19.3 Å². The number of sulfonamides is 1. The van der Waals surface area contributed by atoms with Crippen LogP contribution in [0.3, 0.4) is 0 Å². The second-order valence-corrected chi connectivity index (χ2v) is 10.2. The van der Waals surface area contributed by atoms with Gasteiger partial charge in [-0.05, 0) is 74.6 Å². The molecule has 2 aromatic carbocycles. The molecule has 1 atom stereocenters. The number of amides is 1. The van der Waals surface area contributed by atoms with Crippen LogP contribution in [0.5, 0.6) is 11.5 Å². The molecule has 3 rings (SSSR count). The van der Waals surface area contributed by atoms with E-state index in [-0.39, 0.29) is 0 Å². The highest BCUT2D eigenvalue weighted by Crippen LogP contribution is 2.30. The van der Waals surface area contributed by atoms with E-state index in [1.807, 2.05) is 25.1 Å². The van der Waals surface area contributed by atoms with Crippen molar-refractivity contribution < 1.29 is 22.7 Å². The number of piperidine rings is 1. The maximum absolute atomic E-state index is 12.5. The van der Waals surface area contributed by atoms with Crippen molar-refractivity contribution >= 4 is 27.3 Å². The largest absolute Gasteiger partial charge is 0.493 e. The molecule has 1 aliphatic heterocycles. The number of ether oxygens (including phenoxy) is 2. The number of carbonyl (C=O) groups excluding carboxylic acids is 1. The Labute approximate surface area is 202 Å². The van der Waals surface area contributed by atoms with Crippen molar-refractivity contribution in [3.63, 3.8) is 0 Å². The summed E-state index contributed by atoms with van der Waals surface area (Å²) in [6, 6.07) is 12.3. The Morgan fingerprint density at radius 3 is 2.41 bits per heavy atom. The highest BCUT2D eigenvalue weighted by molar-refractivity contribution is 7.93. The van der Waals surface area contributed by atoms with E-state index in [9.17, 15) is 13.2 Å². The van der Waals surface area contributed by atoms with Crippen molar-refractivity contribution in [1.29, 1.82) is 0 Å². The Bertz CT molecular complexity index is 1050. The number of anilines is 2. The average molecular weight is 490 g/mol. The topological polar surface area (TPSA) is 97.0 Å². The van der Waals surface area contributed by atoms with Gasteiger partial charge in [-0.2, -0.15) is 0 Å². The first-order valence-corrected chi connectivity index (χ1v) is 13.4. The average Bonchev–Trinajstić information content (AvgIpc) is 2.82. The van der Waals surface area contributed by atoms with Gasteiger partial charge in [0, 0.05) is 24.5 Å². The molecule has 8 nitrogen and oxygen atoms in total. The van der Waals surface area contributed by atoms with Crippen molar-refractivity contribution in [3.8, 4) is 11.5 Å². The Balaban J connectivity index is 1.56. The summed E-state index contributed by atoms with van der Waals surface area (Å²) < 4.78 is 38.6. The molecule has 2 N–H and O–H groups in total. The summed E-state index contributed by atoms with van der Waals surface area (Å²) in [4.78, 5) is 14.8.